The number of benzene rings is 4. The van der Waals surface area contributed by atoms with Gasteiger partial charge < -0.3 is 4.90 Å². The molecule has 0 fully saturated rings. The minimum atomic E-state index is -0.214. The predicted octanol–water partition coefficient (Wildman–Crippen LogP) is 9.94. The molecule has 0 saturated carbocycles. The summed E-state index contributed by atoms with van der Waals surface area (Å²) >= 11 is 0. The molecule has 0 radical (unpaired) electrons. The molecule has 4 atom stereocenters. The van der Waals surface area contributed by atoms with Crippen molar-refractivity contribution in [3.63, 3.8) is 0 Å². The molecule has 0 spiro atoms. The molecule has 1 heterocycles. The Morgan fingerprint density at radius 2 is 1.62 bits per heavy atom. The van der Waals surface area contributed by atoms with Gasteiger partial charge in [-0.2, -0.15) is 0 Å². The van der Waals surface area contributed by atoms with Crippen molar-refractivity contribution in [1.82, 2.24) is 4.90 Å². The van der Waals surface area contributed by atoms with E-state index in [4.69, 9.17) is 11.4 Å². The van der Waals surface area contributed by atoms with Gasteiger partial charge >= 0.3 is 0 Å². The van der Waals surface area contributed by atoms with E-state index in [9.17, 15) is 0 Å². The maximum Gasteiger partial charge on any atom is 0.136 e. The lowest BCUT2D eigenvalue weighted by molar-refractivity contribution is 0.445. The smallest absolute Gasteiger partial charge is 0.136 e. The van der Waals surface area contributed by atoms with Crippen molar-refractivity contribution in [3.05, 3.63) is 197 Å². The Balaban J connectivity index is 1.23. The average molecular weight is 605 g/mol. The molecule has 2 heteroatoms. The van der Waals surface area contributed by atoms with Gasteiger partial charge in [0, 0.05) is 22.6 Å². The van der Waals surface area contributed by atoms with E-state index in [1.807, 2.05) is 6.08 Å². The summed E-state index contributed by atoms with van der Waals surface area (Å²) in [6, 6.07) is 33.9. The first kappa shape index (κ1) is 28.8. The van der Waals surface area contributed by atoms with Gasteiger partial charge in [-0.3, -0.25) is 4.99 Å². The van der Waals surface area contributed by atoms with Crippen molar-refractivity contribution in [2.24, 2.45) is 10.4 Å². The molecule has 0 N–H and O–H groups in total. The predicted molar refractivity (Wildman–Crippen MR) is 197 cm³/mol. The van der Waals surface area contributed by atoms with Crippen LogP contribution in [0, 0.1) is 17.8 Å². The van der Waals surface area contributed by atoms with Crippen molar-refractivity contribution >= 4 is 22.2 Å². The van der Waals surface area contributed by atoms with Crippen LogP contribution >= 0.6 is 0 Å². The molecular weight excluding hydrogens is 569 g/mol. The maximum atomic E-state index is 5.47. The molecular formula is C45H36N2. The lowest BCUT2D eigenvalue weighted by Gasteiger charge is -2.45. The molecule has 4 aromatic rings. The lowest BCUT2D eigenvalue weighted by Crippen LogP contribution is -2.37. The molecule has 0 amide bonds. The van der Waals surface area contributed by atoms with Gasteiger partial charge in [-0.05, 0) is 63.2 Å². The van der Waals surface area contributed by atoms with Gasteiger partial charge in [0.1, 0.15) is 5.84 Å². The minimum Gasteiger partial charge on any atom is -0.321 e. The molecule has 226 valence electrons. The summed E-state index contributed by atoms with van der Waals surface area (Å²) in [6.07, 6.45) is 29.0. The highest BCUT2D eigenvalue weighted by atomic mass is 15.3. The van der Waals surface area contributed by atoms with Crippen LogP contribution in [0.4, 0.5) is 0 Å². The molecule has 1 aliphatic heterocycles. The van der Waals surface area contributed by atoms with Gasteiger partial charge in [0.25, 0.3) is 0 Å². The zero-order chi connectivity index (χ0) is 32.0. The molecule has 4 aliphatic rings. The van der Waals surface area contributed by atoms with Crippen LogP contribution < -0.4 is 0 Å². The molecule has 2 nitrogen and oxygen atoms in total. The normalized spacial score (nSPS) is 24.4. The Morgan fingerprint density at radius 3 is 2.47 bits per heavy atom. The molecule has 47 heavy (non-hydrogen) atoms. The van der Waals surface area contributed by atoms with E-state index in [1.165, 1.54) is 44.2 Å². The summed E-state index contributed by atoms with van der Waals surface area (Å²) in [5.74, 6) is 3.75. The van der Waals surface area contributed by atoms with Gasteiger partial charge in [0.2, 0.25) is 0 Å². The molecule has 4 aromatic carbocycles. The van der Waals surface area contributed by atoms with E-state index >= 15 is 0 Å². The van der Waals surface area contributed by atoms with Crippen LogP contribution in [-0.2, 0) is 0 Å². The van der Waals surface area contributed by atoms with Crippen molar-refractivity contribution in [2.45, 2.75) is 31.8 Å². The van der Waals surface area contributed by atoms with Crippen molar-refractivity contribution in [1.29, 1.82) is 0 Å². The largest absolute Gasteiger partial charge is 0.321 e. The molecule has 0 bridgehead atoms. The highest BCUT2D eigenvalue weighted by molar-refractivity contribution is 6.02. The Hall–Kier alpha value is -5.65. The number of terminal acetylenes is 1. The lowest BCUT2D eigenvalue weighted by atomic mass is 9.58. The highest BCUT2D eigenvalue weighted by Gasteiger charge is 2.44. The summed E-state index contributed by atoms with van der Waals surface area (Å²) in [4.78, 5) is 7.53. The topological polar surface area (TPSA) is 15.6 Å². The summed E-state index contributed by atoms with van der Waals surface area (Å²) in [6.45, 7) is 4.53. The van der Waals surface area contributed by atoms with E-state index in [0.717, 1.165) is 17.1 Å². The SMILES string of the molecule is C#C/C=C\C=C(/C)N1C(c2ccc(C3=C4C=CC=CC4(C)C(c4ccc5ccccc5c4)c4ccccc43)cc2)=NC2C=CC=CC21. The fraction of sp³-hybridized carbons (Fsp3) is 0.133. The fourth-order valence-electron chi connectivity index (χ4n) is 7.96. The van der Waals surface area contributed by atoms with Crippen LogP contribution in [0.3, 0.4) is 0 Å². The second-order valence-corrected chi connectivity index (χ2v) is 12.9. The average Bonchev–Trinajstić information content (AvgIpc) is 3.50. The first-order chi connectivity index (χ1) is 23.1. The van der Waals surface area contributed by atoms with Gasteiger partial charge in [-0.25, -0.2) is 0 Å². The quantitative estimate of drug-likeness (QED) is 0.164. The van der Waals surface area contributed by atoms with E-state index in [2.05, 4.69) is 170 Å². The number of hydrogen-bond acceptors (Lipinski definition) is 2. The number of fused-ring (bicyclic) bond motifs is 4. The zero-order valence-corrected chi connectivity index (χ0v) is 26.7. The van der Waals surface area contributed by atoms with Gasteiger partial charge in [0.15, 0.2) is 0 Å². The second kappa shape index (κ2) is 11.6. The number of hydrogen-bond donors (Lipinski definition) is 0. The fourth-order valence-corrected chi connectivity index (χ4v) is 7.96. The van der Waals surface area contributed by atoms with Gasteiger partial charge in [0.05, 0.1) is 12.1 Å². The Labute approximate surface area is 277 Å². The first-order valence-corrected chi connectivity index (χ1v) is 16.4. The minimum absolute atomic E-state index is 0.0803. The van der Waals surface area contributed by atoms with Crippen LogP contribution in [0.15, 0.2) is 174 Å². The number of amidine groups is 1. The third kappa shape index (κ3) is 4.79. The van der Waals surface area contributed by atoms with Crippen LogP contribution in [0.25, 0.3) is 16.3 Å². The number of nitrogens with zero attached hydrogens (tertiary/aromatic N) is 2. The Bertz CT molecular complexity index is 2190. The standard InChI is InChI=1S/C45H36N2/c1-4-5-6-15-31(2)47-41-22-12-11-21-40(41)46-44(47)34-26-24-33(25-27-34)42-37-18-9-10-19-38(37)43(45(3)29-14-13-20-39(42)45)36-28-23-32-16-7-8-17-35(32)30-36/h1,5-30,40-41,43H,2-3H3/b6-5-,31-15+. The summed E-state index contributed by atoms with van der Waals surface area (Å²) in [5, 5.41) is 2.55. The summed E-state index contributed by atoms with van der Waals surface area (Å²) in [7, 11) is 0. The van der Waals surface area contributed by atoms with Gasteiger partial charge in [-0.15, -0.1) is 6.42 Å². The molecule has 4 unspecified atom stereocenters. The molecule has 0 aromatic heterocycles. The number of allylic oxidation sites excluding steroid dienone is 11. The number of aliphatic imine (C=N–C) groups is 1. The first-order valence-electron chi connectivity index (χ1n) is 16.4. The highest BCUT2D eigenvalue weighted by Crippen LogP contribution is 2.57. The second-order valence-electron chi connectivity index (χ2n) is 12.9. The van der Waals surface area contributed by atoms with E-state index in [0.29, 0.717) is 0 Å². The molecule has 3 aliphatic carbocycles. The van der Waals surface area contributed by atoms with Crippen LogP contribution in [-0.4, -0.2) is 22.8 Å². The van der Waals surface area contributed by atoms with Crippen molar-refractivity contribution < 1.29 is 0 Å². The maximum absolute atomic E-state index is 5.47. The molecule has 0 saturated heterocycles. The van der Waals surface area contributed by atoms with Crippen molar-refractivity contribution in [2.75, 3.05) is 0 Å². The van der Waals surface area contributed by atoms with Crippen molar-refractivity contribution in [3.8, 4) is 12.3 Å². The third-order valence-corrected chi connectivity index (χ3v) is 10.1. The Morgan fingerprint density at radius 1 is 0.851 bits per heavy atom. The van der Waals surface area contributed by atoms with Crippen LogP contribution in [0.2, 0.25) is 0 Å². The van der Waals surface area contributed by atoms with Gasteiger partial charge in [-0.1, -0.05) is 159 Å². The molecule has 8 rings (SSSR count). The number of rotatable bonds is 5. The summed E-state index contributed by atoms with van der Waals surface area (Å²) in [5.41, 5.74) is 9.86. The monoisotopic (exact) mass is 604 g/mol. The zero-order valence-electron chi connectivity index (χ0n) is 26.7. The van der Waals surface area contributed by atoms with E-state index in [-0.39, 0.29) is 23.4 Å². The van der Waals surface area contributed by atoms with E-state index in [1.54, 1.807) is 6.08 Å². The summed E-state index contributed by atoms with van der Waals surface area (Å²) < 4.78 is 0. The third-order valence-electron chi connectivity index (χ3n) is 10.1. The van der Waals surface area contributed by atoms with Crippen LogP contribution in [0.5, 0.6) is 0 Å². The van der Waals surface area contributed by atoms with Crippen LogP contribution in [0.1, 0.15) is 47.6 Å². The Kier molecular flexibility index (Phi) is 7.12. The van der Waals surface area contributed by atoms with E-state index < -0.39 is 0 Å².